The van der Waals surface area contributed by atoms with E-state index in [1.807, 2.05) is 13.8 Å². The van der Waals surface area contributed by atoms with Gasteiger partial charge in [-0.1, -0.05) is 32.0 Å². The minimum Gasteiger partial charge on any atom is -0.330 e. The lowest BCUT2D eigenvalue weighted by molar-refractivity contribution is 0.282. The molecule has 84 valence electrons. The normalized spacial score (nSPS) is 13.1. The van der Waals surface area contributed by atoms with E-state index in [-0.39, 0.29) is 12.0 Å². The van der Waals surface area contributed by atoms with Gasteiger partial charge in [-0.2, -0.15) is 0 Å². The molecular weight excluding hydrogens is 214 g/mol. The number of rotatable bonds is 5. The minimum absolute atomic E-state index is 0.185. The Hall–Kier alpha value is -0.660. The van der Waals surface area contributed by atoms with E-state index < -0.39 is 8.03 Å². The number of benzene rings is 1. The lowest BCUT2D eigenvalue weighted by atomic mass is 10.2. The van der Waals surface area contributed by atoms with Crippen LogP contribution in [-0.2, 0) is 15.3 Å². The average Bonchev–Trinajstić information content (AvgIpc) is 2.18. The second-order valence-corrected chi connectivity index (χ2v) is 5.23. The molecule has 1 aromatic carbocycles. The first-order valence-corrected chi connectivity index (χ1v) is 6.51. The Labute approximate surface area is 90.3 Å². The quantitative estimate of drug-likeness (QED) is 0.724. The van der Waals surface area contributed by atoms with Gasteiger partial charge in [0.25, 0.3) is 0 Å². The third kappa shape index (κ3) is 4.59. The molecule has 0 aromatic heterocycles. The van der Waals surface area contributed by atoms with Crippen LogP contribution < -0.4 is 0 Å². The van der Waals surface area contributed by atoms with Crippen LogP contribution in [-0.4, -0.2) is 6.61 Å². The van der Waals surface area contributed by atoms with Gasteiger partial charge in [0.15, 0.2) is 8.03 Å². The number of halogens is 1. The summed E-state index contributed by atoms with van der Waals surface area (Å²) in [6, 6.07) is 6.35. The molecule has 0 saturated carbocycles. The second kappa shape index (κ2) is 6.04. The summed E-state index contributed by atoms with van der Waals surface area (Å²) >= 11 is 0. The zero-order valence-electron chi connectivity index (χ0n) is 9.00. The van der Waals surface area contributed by atoms with E-state index in [2.05, 4.69) is 0 Å². The molecule has 0 saturated heterocycles. The highest BCUT2D eigenvalue weighted by Crippen LogP contribution is 2.29. The van der Waals surface area contributed by atoms with Gasteiger partial charge < -0.3 is 4.52 Å². The van der Waals surface area contributed by atoms with Crippen LogP contribution in [0.3, 0.4) is 0 Å². The first-order chi connectivity index (χ1) is 7.09. The fourth-order valence-corrected chi connectivity index (χ4v) is 2.33. The van der Waals surface area contributed by atoms with Crippen molar-refractivity contribution in [1.29, 1.82) is 0 Å². The molecule has 0 aliphatic heterocycles. The van der Waals surface area contributed by atoms with Crippen molar-refractivity contribution in [2.24, 2.45) is 5.92 Å². The van der Waals surface area contributed by atoms with E-state index in [9.17, 15) is 8.96 Å². The molecule has 1 atom stereocenters. The minimum atomic E-state index is -2.15. The predicted octanol–water partition coefficient (Wildman–Crippen LogP) is 3.47. The molecule has 1 unspecified atom stereocenters. The predicted molar refractivity (Wildman–Crippen MR) is 59.9 cm³/mol. The Kier molecular flexibility index (Phi) is 5.00. The van der Waals surface area contributed by atoms with Crippen LogP contribution in [0.5, 0.6) is 0 Å². The van der Waals surface area contributed by atoms with Crippen LogP contribution in [0, 0.1) is 11.7 Å². The molecule has 1 aromatic rings. The van der Waals surface area contributed by atoms with Gasteiger partial charge in [-0.3, -0.25) is 4.57 Å². The lowest BCUT2D eigenvalue weighted by Crippen LogP contribution is -1.97. The van der Waals surface area contributed by atoms with Crippen molar-refractivity contribution in [1.82, 2.24) is 0 Å². The van der Waals surface area contributed by atoms with Crippen molar-refractivity contribution < 1.29 is 13.5 Å². The van der Waals surface area contributed by atoms with Crippen molar-refractivity contribution in [3.8, 4) is 0 Å². The highest BCUT2D eigenvalue weighted by atomic mass is 31.1. The molecule has 0 heterocycles. The molecule has 1 rings (SSSR count). The molecule has 0 aliphatic rings. The Morgan fingerprint density at radius 3 is 2.67 bits per heavy atom. The van der Waals surface area contributed by atoms with Gasteiger partial charge in [-0.05, 0) is 17.5 Å². The highest BCUT2D eigenvalue weighted by Gasteiger charge is 2.07. The zero-order valence-corrected chi connectivity index (χ0v) is 10.00. The van der Waals surface area contributed by atoms with Gasteiger partial charge in [0.1, 0.15) is 5.82 Å². The van der Waals surface area contributed by atoms with E-state index in [0.29, 0.717) is 18.1 Å². The Bertz CT molecular complexity index is 339. The first-order valence-electron chi connectivity index (χ1n) is 4.98. The molecular formula is C11H16FO2P. The monoisotopic (exact) mass is 230 g/mol. The average molecular weight is 230 g/mol. The summed E-state index contributed by atoms with van der Waals surface area (Å²) in [6.45, 7) is 4.43. The Balaban J connectivity index is 2.48. The van der Waals surface area contributed by atoms with Crippen molar-refractivity contribution in [3.63, 3.8) is 0 Å². The maximum atomic E-state index is 13.2. The van der Waals surface area contributed by atoms with E-state index in [4.69, 9.17) is 4.52 Å². The van der Waals surface area contributed by atoms with Gasteiger partial charge >= 0.3 is 0 Å². The fraction of sp³-hybridized carbons (Fsp3) is 0.455. The zero-order chi connectivity index (χ0) is 11.3. The van der Waals surface area contributed by atoms with Crippen LogP contribution in [0.25, 0.3) is 0 Å². The van der Waals surface area contributed by atoms with Gasteiger partial charge in [-0.25, -0.2) is 4.39 Å². The third-order valence-corrected chi connectivity index (χ3v) is 3.03. The van der Waals surface area contributed by atoms with E-state index in [0.717, 1.165) is 0 Å². The van der Waals surface area contributed by atoms with Crippen LogP contribution in [0.4, 0.5) is 4.39 Å². The third-order valence-electron chi connectivity index (χ3n) is 1.87. The largest absolute Gasteiger partial charge is 0.330 e. The molecule has 0 N–H and O–H groups in total. The fourth-order valence-electron chi connectivity index (χ4n) is 1.11. The van der Waals surface area contributed by atoms with E-state index >= 15 is 0 Å². The van der Waals surface area contributed by atoms with E-state index in [1.54, 1.807) is 18.2 Å². The highest BCUT2D eigenvalue weighted by molar-refractivity contribution is 7.38. The molecule has 4 heteroatoms. The molecule has 15 heavy (non-hydrogen) atoms. The molecule has 0 spiro atoms. The smallest absolute Gasteiger partial charge is 0.196 e. The van der Waals surface area contributed by atoms with Crippen molar-refractivity contribution in [2.75, 3.05) is 6.61 Å². The molecule has 0 radical (unpaired) electrons. The SMILES string of the molecule is CC(C)CO[PH](=O)Cc1ccccc1F. The lowest BCUT2D eigenvalue weighted by Gasteiger charge is -2.07. The van der Waals surface area contributed by atoms with Crippen LogP contribution in [0.1, 0.15) is 19.4 Å². The van der Waals surface area contributed by atoms with Crippen LogP contribution in [0.15, 0.2) is 24.3 Å². The summed E-state index contributed by atoms with van der Waals surface area (Å²) in [7, 11) is -2.15. The standard InChI is InChI=1S/C11H16FO2P/c1-9(2)7-14-15(13)8-10-5-3-4-6-11(10)12/h3-6,9,15H,7-8H2,1-2H3. The summed E-state index contributed by atoms with van der Waals surface area (Å²) in [5, 5.41) is 0. The van der Waals surface area contributed by atoms with Gasteiger partial charge in [0.2, 0.25) is 0 Å². The summed E-state index contributed by atoms with van der Waals surface area (Å²) in [6.07, 6.45) is 0.185. The van der Waals surface area contributed by atoms with E-state index in [1.165, 1.54) is 6.07 Å². The van der Waals surface area contributed by atoms with Crippen molar-refractivity contribution in [2.45, 2.75) is 20.0 Å². The summed E-state index contributed by atoms with van der Waals surface area (Å²) in [4.78, 5) is 0. The van der Waals surface area contributed by atoms with Gasteiger partial charge in [0, 0.05) is 0 Å². The molecule has 0 amide bonds. The van der Waals surface area contributed by atoms with Crippen molar-refractivity contribution in [3.05, 3.63) is 35.6 Å². The summed E-state index contributed by atoms with van der Waals surface area (Å²) < 4.78 is 29.8. The molecule has 0 fully saturated rings. The maximum absolute atomic E-state index is 13.2. The van der Waals surface area contributed by atoms with Crippen LogP contribution >= 0.6 is 8.03 Å². The number of hydrogen-bond donors (Lipinski definition) is 0. The molecule has 2 nitrogen and oxygen atoms in total. The molecule has 0 bridgehead atoms. The first kappa shape index (κ1) is 12.4. The number of hydrogen-bond acceptors (Lipinski definition) is 2. The summed E-state index contributed by atoms with van der Waals surface area (Å²) in [5.74, 6) is 0.0311. The van der Waals surface area contributed by atoms with Crippen molar-refractivity contribution >= 4 is 8.03 Å². The maximum Gasteiger partial charge on any atom is 0.196 e. The Morgan fingerprint density at radius 2 is 2.07 bits per heavy atom. The summed E-state index contributed by atoms with van der Waals surface area (Å²) in [5.41, 5.74) is 0.463. The van der Waals surface area contributed by atoms with Crippen LogP contribution in [0.2, 0.25) is 0 Å². The Morgan fingerprint density at radius 1 is 1.40 bits per heavy atom. The second-order valence-electron chi connectivity index (χ2n) is 3.85. The topological polar surface area (TPSA) is 26.3 Å². The molecule has 0 aliphatic carbocycles. The van der Waals surface area contributed by atoms with Gasteiger partial charge in [-0.15, -0.1) is 0 Å². The van der Waals surface area contributed by atoms with Gasteiger partial charge in [0.05, 0.1) is 12.8 Å².